The minimum atomic E-state index is -0.0529. The molecule has 1 heterocycles. The Morgan fingerprint density at radius 3 is 2.40 bits per heavy atom. The number of hydrogen-bond donors (Lipinski definition) is 2. The Balaban J connectivity index is 2.19. The summed E-state index contributed by atoms with van der Waals surface area (Å²) < 4.78 is 0. The Kier molecular flexibility index (Phi) is 7.59. The van der Waals surface area contributed by atoms with Crippen molar-refractivity contribution in [3.05, 3.63) is 0 Å². The molecule has 2 unspecified atom stereocenters. The molecular weight excluding hydrogens is 254 g/mol. The highest BCUT2D eigenvalue weighted by molar-refractivity contribution is 5.85. The lowest BCUT2D eigenvalue weighted by atomic mass is 10.0. The molecule has 1 saturated heterocycles. The predicted molar refractivity (Wildman–Crippen MR) is 80.1 cm³/mol. The smallest absolute Gasteiger partial charge is 0.241 e. The van der Waals surface area contributed by atoms with E-state index in [2.05, 4.69) is 5.32 Å². The molecule has 0 bridgehead atoms. The second-order valence-electron chi connectivity index (χ2n) is 5.97. The molecule has 1 aliphatic rings. The zero-order chi connectivity index (χ0) is 15.0. The van der Waals surface area contributed by atoms with Gasteiger partial charge in [-0.05, 0) is 39.0 Å². The molecule has 5 nitrogen and oxygen atoms in total. The molecule has 3 N–H and O–H groups in total. The fourth-order valence-electron chi connectivity index (χ4n) is 2.47. The average molecular weight is 283 g/mol. The molecule has 0 saturated carbocycles. The van der Waals surface area contributed by atoms with Crippen LogP contribution in [0.25, 0.3) is 0 Å². The van der Waals surface area contributed by atoms with Gasteiger partial charge in [0.25, 0.3) is 0 Å². The zero-order valence-electron chi connectivity index (χ0n) is 12.9. The fraction of sp³-hybridized carbons (Fsp3) is 0.867. The SMILES string of the molecule is CC(N)CCCC(C)C(=O)NCC(=O)N1CCCCC1. The monoisotopic (exact) mass is 283 g/mol. The minimum Gasteiger partial charge on any atom is -0.347 e. The van der Waals surface area contributed by atoms with E-state index in [9.17, 15) is 9.59 Å². The number of likely N-dealkylation sites (tertiary alicyclic amines) is 1. The van der Waals surface area contributed by atoms with Gasteiger partial charge in [-0.1, -0.05) is 13.3 Å². The van der Waals surface area contributed by atoms with Crippen LogP contribution >= 0.6 is 0 Å². The molecule has 2 amide bonds. The number of rotatable bonds is 7. The summed E-state index contributed by atoms with van der Waals surface area (Å²) in [4.78, 5) is 25.7. The van der Waals surface area contributed by atoms with E-state index in [4.69, 9.17) is 5.73 Å². The highest BCUT2D eigenvalue weighted by atomic mass is 16.2. The number of carbonyl (C=O) groups excluding carboxylic acids is 2. The highest BCUT2D eigenvalue weighted by Gasteiger charge is 2.18. The number of carbonyl (C=O) groups is 2. The van der Waals surface area contributed by atoms with Gasteiger partial charge in [0.2, 0.25) is 11.8 Å². The van der Waals surface area contributed by atoms with Crippen molar-refractivity contribution in [3.63, 3.8) is 0 Å². The van der Waals surface area contributed by atoms with Crippen molar-refractivity contribution in [2.45, 2.75) is 58.4 Å². The van der Waals surface area contributed by atoms with Crippen LogP contribution in [0.15, 0.2) is 0 Å². The van der Waals surface area contributed by atoms with Crippen molar-refractivity contribution in [1.82, 2.24) is 10.2 Å². The largest absolute Gasteiger partial charge is 0.347 e. The van der Waals surface area contributed by atoms with Gasteiger partial charge in [0.05, 0.1) is 6.54 Å². The van der Waals surface area contributed by atoms with Crippen LogP contribution in [-0.4, -0.2) is 42.4 Å². The molecule has 116 valence electrons. The fourth-order valence-corrected chi connectivity index (χ4v) is 2.47. The molecule has 20 heavy (non-hydrogen) atoms. The first kappa shape index (κ1) is 17.0. The molecular formula is C15H29N3O2. The summed E-state index contributed by atoms with van der Waals surface area (Å²) in [7, 11) is 0. The maximum Gasteiger partial charge on any atom is 0.241 e. The van der Waals surface area contributed by atoms with E-state index in [0.717, 1.165) is 45.2 Å². The summed E-state index contributed by atoms with van der Waals surface area (Å²) in [5, 5.41) is 2.76. The van der Waals surface area contributed by atoms with Gasteiger partial charge in [0.1, 0.15) is 0 Å². The van der Waals surface area contributed by atoms with E-state index in [1.54, 1.807) is 0 Å². The minimum absolute atomic E-state index is 0.0277. The van der Waals surface area contributed by atoms with Gasteiger partial charge in [-0.25, -0.2) is 0 Å². The van der Waals surface area contributed by atoms with E-state index in [1.165, 1.54) is 6.42 Å². The van der Waals surface area contributed by atoms with E-state index in [-0.39, 0.29) is 30.3 Å². The average Bonchev–Trinajstić information content (AvgIpc) is 2.44. The predicted octanol–water partition coefficient (Wildman–Crippen LogP) is 1.27. The molecule has 0 aromatic carbocycles. The molecule has 0 radical (unpaired) electrons. The molecule has 5 heteroatoms. The summed E-state index contributed by atoms with van der Waals surface area (Å²) in [5.74, 6) is -0.0382. The highest BCUT2D eigenvalue weighted by Crippen LogP contribution is 2.10. The number of amides is 2. The van der Waals surface area contributed by atoms with Crippen molar-refractivity contribution >= 4 is 11.8 Å². The first-order valence-corrected chi connectivity index (χ1v) is 7.81. The molecule has 0 aromatic heterocycles. The van der Waals surface area contributed by atoms with Crippen molar-refractivity contribution in [2.24, 2.45) is 11.7 Å². The van der Waals surface area contributed by atoms with Gasteiger partial charge >= 0.3 is 0 Å². The Hall–Kier alpha value is -1.10. The van der Waals surface area contributed by atoms with Gasteiger partial charge in [-0.3, -0.25) is 9.59 Å². The summed E-state index contributed by atoms with van der Waals surface area (Å²) in [6.45, 7) is 5.68. The molecule has 1 rings (SSSR count). The second-order valence-corrected chi connectivity index (χ2v) is 5.97. The lowest BCUT2D eigenvalue weighted by Crippen LogP contribution is -2.43. The van der Waals surface area contributed by atoms with E-state index in [1.807, 2.05) is 18.7 Å². The number of piperidine rings is 1. The summed E-state index contributed by atoms with van der Waals surface area (Å²) in [5.41, 5.74) is 5.68. The number of nitrogens with zero attached hydrogens (tertiary/aromatic N) is 1. The van der Waals surface area contributed by atoms with E-state index in [0.29, 0.717) is 0 Å². The number of nitrogens with one attached hydrogen (secondary N) is 1. The van der Waals surface area contributed by atoms with Gasteiger partial charge in [-0.15, -0.1) is 0 Å². The Morgan fingerprint density at radius 2 is 1.80 bits per heavy atom. The van der Waals surface area contributed by atoms with Gasteiger partial charge < -0.3 is 16.0 Å². The first-order valence-electron chi connectivity index (χ1n) is 7.81. The third-order valence-corrected chi connectivity index (χ3v) is 3.87. The van der Waals surface area contributed by atoms with E-state index < -0.39 is 0 Å². The zero-order valence-corrected chi connectivity index (χ0v) is 12.9. The van der Waals surface area contributed by atoms with E-state index >= 15 is 0 Å². The van der Waals surface area contributed by atoms with Crippen molar-refractivity contribution in [2.75, 3.05) is 19.6 Å². The Morgan fingerprint density at radius 1 is 1.15 bits per heavy atom. The van der Waals surface area contributed by atoms with Gasteiger partial charge in [0.15, 0.2) is 0 Å². The summed E-state index contributed by atoms with van der Waals surface area (Å²) >= 11 is 0. The van der Waals surface area contributed by atoms with Crippen molar-refractivity contribution in [3.8, 4) is 0 Å². The lowest BCUT2D eigenvalue weighted by molar-refractivity contribution is -0.134. The number of nitrogens with two attached hydrogens (primary N) is 1. The molecule has 2 atom stereocenters. The molecule has 0 aromatic rings. The Bertz CT molecular complexity index is 312. The molecule has 1 fully saturated rings. The standard InChI is InChI=1S/C15H29N3O2/c1-12(7-6-8-13(2)16)15(20)17-11-14(19)18-9-4-3-5-10-18/h12-13H,3-11,16H2,1-2H3,(H,17,20). The first-order chi connectivity index (χ1) is 9.50. The van der Waals surface area contributed by atoms with Crippen LogP contribution in [0.1, 0.15) is 52.4 Å². The summed E-state index contributed by atoms with van der Waals surface area (Å²) in [6.07, 6.45) is 6.06. The molecule has 0 aliphatic carbocycles. The van der Waals surface area contributed by atoms with Crippen LogP contribution in [-0.2, 0) is 9.59 Å². The normalized spacial score (nSPS) is 18.4. The maximum atomic E-state index is 11.9. The number of hydrogen-bond acceptors (Lipinski definition) is 3. The van der Waals surface area contributed by atoms with Crippen LogP contribution in [0, 0.1) is 5.92 Å². The quantitative estimate of drug-likeness (QED) is 0.739. The second kappa shape index (κ2) is 8.95. The van der Waals surface area contributed by atoms with Crippen LogP contribution in [0.4, 0.5) is 0 Å². The van der Waals surface area contributed by atoms with Crippen LogP contribution in [0.2, 0.25) is 0 Å². The summed E-state index contributed by atoms with van der Waals surface area (Å²) in [6, 6.07) is 0.186. The third kappa shape index (κ3) is 6.37. The van der Waals surface area contributed by atoms with Crippen LogP contribution in [0.3, 0.4) is 0 Å². The lowest BCUT2D eigenvalue weighted by Gasteiger charge is -2.27. The van der Waals surface area contributed by atoms with Gasteiger partial charge in [-0.2, -0.15) is 0 Å². The van der Waals surface area contributed by atoms with Gasteiger partial charge in [0, 0.05) is 25.0 Å². The maximum absolute atomic E-state index is 11.9. The van der Waals surface area contributed by atoms with Crippen LogP contribution in [0.5, 0.6) is 0 Å². The Labute approximate surface area is 122 Å². The van der Waals surface area contributed by atoms with Crippen molar-refractivity contribution < 1.29 is 9.59 Å². The third-order valence-electron chi connectivity index (χ3n) is 3.87. The molecule has 1 aliphatic heterocycles. The van der Waals surface area contributed by atoms with Crippen molar-refractivity contribution in [1.29, 1.82) is 0 Å². The topological polar surface area (TPSA) is 75.4 Å². The molecule has 0 spiro atoms. The van der Waals surface area contributed by atoms with Crippen LogP contribution < -0.4 is 11.1 Å².